The smallest absolute Gasteiger partial charge is 0.253 e. The molecule has 2 aromatic heterocycles. The van der Waals surface area contributed by atoms with Gasteiger partial charge in [-0.1, -0.05) is 40.6 Å². The van der Waals surface area contributed by atoms with E-state index >= 15 is 0 Å². The predicted molar refractivity (Wildman–Crippen MR) is 132 cm³/mol. The zero-order valence-corrected chi connectivity index (χ0v) is 20.7. The maximum Gasteiger partial charge on any atom is 0.253 e. The predicted octanol–water partition coefficient (Wildman–Crippen LogP) is 4.44. The van der Waals surface area contributed by atoms with Crippen LogP contribution in [0.25, 0.3) is 11.4 Å². The second kappa shape index (κ2) is 10.3. The summed E-state index contributed by atoms with van der Waals surface area (Å²) in [7, 11) is 0. The van der Waals surface area contributed by atoms with Crippen LogP contribution in [-0.2, 0) is 6.61 Å². The van der Waals surface area contributed by atoms with Crippen molar-refractivity contribution < 1.29 is 18.6 Å². The fourth-order valence-electron chi connectivity index (χ4n) is 4.32. The minimum atomic E-state index is -0.0265. The first kappa shape index (κ1) is 23.7. The van der Waals surface area contributed by atoms with E-state index in [1.807, 2.05) is 73.3 Å². The first-order chi connectivity index (χ1) is 17.5. The Morgan fingerprint density at radius 3 is 2.36 bits per heavy atom. The minimum absolute atomic E-state index is 0.0173. The van der Waals surface area contributed by atoms with Crippen molar-refractivity contribution >= 4 is 5.91 Å². The van der Waals surface area contributed by atoms with Crippen molar-refractivity contribution in [2.75, 3.05) is 26.2 Å². The van der Waals surface area contributed by atoms with Crippen LogP contribution >= 0.6 is 0 Å². The third-order valence-corrected chi connectivity index (χ3v) is 6.65. The van der Waals surface area contributed by atoms with Crippen LogP contribution in [0, 0.1) is 13.8 Å². The summed E-state index contributed by atoms with van der Waals surface area (Å²) in [5, 5.41) is 8.08. The monoisotopic (exact) mass is 487 g/mol. The lowest BCUT2D eigenvalue weighted by atomic mass is 10.1. The zero-order valence-electron chi connectivity index (χ0n) is 20.7. The highest BCUT2D eigenvalue weighted by Crippen LogP contribution is 2.24. The van der Waals surface area contributed by atoms with Crippen molar-refractivity contribution in [3.05, 3.63) is 83.1 Å². The van der Waals surface area contributed by atoms with Crippen molar-refractivity contribution in [2.45, 2.75) is 33.4 Å². The van der Waals surface area contributed by atoms with E-state index in [0.717, 1.165) is 35.7 Å². The number of aryl methyl sites for hydroxylation is 2. The van der Waals surface area contributed by atoms with Gasteiger partial charge in [0, 0.05) is 37.3 Å². The summed E-state index contributed by atoms with van der Waals surface area (Å²) in [5.41, 5.74) is 3.34. The van der Waals surface area contributed by atoms with Crippen LogP contribution in [0.4, 0.5) is 0 Å². The topological polar surface area (TPSA) is 97.7 Å². The first-order valence-electron chi connectivity index (χ1n) is 12.1. The molecule has 1 saturated heterocycles. The quantitative estimate of drug-likeness (QED) is 0.377. The Balaban J connectivity index is 1.14. The molecule has 3 heterocycles. The summed E-state index contributed by atoms with van der Waals surface area (Å²) in [6, 6.07) is 17.0. The van der Waals surface area contributed by atoms with Gasteiger partial charge in [0.05, 0.1) is 17.3 Å². The molecule has 1 atom stereocenters. The zero-order chi connectivity index (χ0) is 25.1. The number of piperazine rings is 1. The second-order valence-corrected chi connectivity index (χ2v) is 8.94. The molecule has 0 saturated carbocycles. The standard InChI is InChI=1S/C27H29N5O4/c1-18-24(20(3)35-29-18)17-34-23-11-9-22(10-12-23)27(33)32-15-13-31(14-16-32)19(2)26-28-25(30-36-26)21-7-5-4-6-8-21/h4-12,19H,13-17H2,1-3H3. The van der Waals surface area contributed by atoms with Crippen LogP contribution in [0.15, 0.2) is 63.6 Å². The van der Waals surface area contributed by atoms with E-state index < -0.39 is 0 Å². The Hall–Kier alpha value is -3.98. The number of carbonyl (C=O) groups is 1. The molecule has 0 bridgehead atoms. The molecule has 0 radical (unpaired) electrons. The van der Waals surface area contributed by atoms with Crippen molar-refractivity contribution in [1.82, 2.24) is 25.1 Å². The lowest BCUT2D eigenvalue weighted by Gasteiger charge is -2.36. The average molecular weight is 488 g/mol. The number of rotatable bonds is 7. The van der Waals surface area contributed by atoms with Gasteiger partial charge < -0.3 is 18.7 Å². The minimum Gasteiger partial charge on any atom is -0.489 e. The highest BCUT2D eigenvalue weighted by Gasteiger charge is 2.28. The molecule has 9 nitrogen and oxygen atoms in total. The van der Waals surface area contributed by atoms with Gasteiger partial charge >= 0.3 is 0 Å². The number of nitrogens with zero attached hydrogens (tertiary/aromatic N) is 5. The van der Waals surface area contributed by atoms with Crippen molar-refractivity contribution in [3.63, 3.8) is 0 Å². The van der Waals surface area contributed by atoms with Gasteiger partial charge in [-0.25, -0.2) is 0 Å². The fraction of sp³-hybridized carbons (Fsp3) is 0.333. The van der Waals surface area contributed by atoms with Crippen molar-refractivity contribution in [1.29, 1.82) is 0 Å². The molecular weight excluding hydrogens is 458 g/mol. The van der Waals surface area contributed by atoms with Crippen LogP contribution in [0.5, 0.6) is 5.75 Å². The summed E-state index contributed by atoms with van der Waals surface area (Å²) >= 11 is 0. The normalized spacial score (nSPS) is 15.1. The second-order valence-electron chi connectivity index (χ2n) is 8.94. The van der Waals surface area contributed by atoms with Gasteiger partial charge in [-0.2, -0.15) is 4.98 Å². The van der Waals surface area contributed by atoms with Gasteiger partial charge in [0.2, 0.25) is 11.7 Å². The molecule has 5 rings (SSSR count). The molecular formula is C27H29N5O4. The Labute approximate surface area is 209 Å². The van der Waals surface area contributed by atoms with Gasteiger partial charge in [0.15, 0.2) is 0 Å². The molecule has 1 aliphatic rings. The van der Waals surface area contributed by atoms with Gasteiger partial charge in [-0.3, -0.25) is 9.69 Å². The summed E-state index contributed by atoms with van der Waals surface area (Å²) in [6.07, 6.45) is 0. The molecule has 0 N–H and O–H groups in total. The fourth-order valence-corrected chi connectivity index (χ4v) is 4.32. The number of amides is 1. The highest BCUT2D eigenvalue weighted by molar-refractivity contribution is 5.94. The molecule has 2 aromatic carbocycles. The Kier molecular flexibility index (Phi) is 6.81. The molecule has 186 valence electrons. The third kappa shape index (κ3) is 5.01. The highest BCUT2D eigenvalue weighted by atomic mass is 16.5. The van der Waals surface area contributed by atoms with E-state index in [1.54, 1.807) is 0 Å². The van der Waals surface area contributed by atoms with Crippen LogP contribution in [-0.4, -0.2) is 57.2 Å². The summed E-state index contributed by atoms with van der Waals surface area (Å²) in [4.78, 5) is 21.8. The van der Waals surface area contributed by atoms with Gasteiger partial charge in [-0.15, -0.1) is 0 Å². The number of ether oxygens (including phenoxy) is 1. The van der Waals surface area contributed by atoms with E-state index in [1.165, 1.54) is 0 Å². The van der Waals surface area contributed by atoms with Crippen LogP contribution in [0.3, 0.4) is 0 Å². The van der Waals surface area contributed by atoms with Crippen LogP contribution in [0.1, 0.15) is 46.2 Å². The number of hydrogen-bond acceptors (Lipinski definition) is 8. The van der Waals surface area contributed by atoms with E-state index in [0.29, 0.717) is 42.7 Å². The summed E-state index contributed by atoms with van der Waals surface area (Å²) in [6.45, 7) is 8.92. The Bertz CT molecular complexity index is 1290. The summed E-state index contributed by atoms with van der Waals surface area (Å²) in [5.74, 6) is 2.64. The van der Waals surface area contributed by atoms with Gasteiger partial charge in [0.1, 0.15) is 18.1 Å². The first-order valence-corrected chi connectivity index (χ1v) is 12.1. The SMILES string of the molecule is Cc1noc(C)c1COc1ccc(C(=O)N2CCN(C(C)c3nc(-c4ccccc4)no3)CC2)cc1. The molecule has 0 spiro atoms. The molecule has 1 aliphatic heterocycles. The molecule has 1 fully saturated rings. The number of benzene rings is 2. The van der Waals surface area contributed by atoms with Crippen molar-refractivity contribution in [3.8, 4) is 17.1 Å². The van der Waals surface area contributed by atoms with E-state index in [4.69, 9.17) is 13.8 Å². The van der Waals surface area contributed by atoms with Gasteiger partial charge in [-0.05, 0) is 45.0 Å². The molecule has 36 heavy (non-hydrogen) atoms. The third-order valence-electron chi connectivity index (χ3n) is 6.65. The summed E-state index contributed by atoms with van der Waals surface area (Å²) < 4.78 is 16.6. The largest absolute Gasteiger partial charge is 0.489 e. The van der Waals surface area contributed by atoms with Crippen LogP contribution in [0.2, 0.25) is 0 Å². The van der Waals surface area contributed by atoms with E-state index in [-0.39, 0.29) is 11.9 Å². The number of carbonyl (C=O) groups excluding carboxylic acids is 1. The maximum absolute atomic E-state index is 13.1. The lowest BCUT2D eigenvalue weighted by Crippen LogP contribution is -2.49. The van der Waals surface area contributed by atoms with Crippen LogP contribution < -0.4 is 4.74 Å². The van der Waals surface area contributed by atoms with Gasteiger partial charge in [0.25, 0.3) is 5.91 Å². The average Bonchev–Trinajstić information content (AvgIpc) is 3.54. The number of hydrogen-bond donors (Lipinski definition) is 0. The lowest BCUT2D eigenvalue weighted by molar-refractivity contribution is 0.0551. The van der Waals surface area contributed by atoms with E-state index in [9.17, 15) is 4.79 Å². The molecule has 1 amide bonds. The maximum atomic E-state index is 13.1. The molecule has 0 aliphatic carbocycles. The van der Waals surface area contributed by atoms with Crippen molar-refractivity contribution in [2.24, 2.45) is 0 Å². The molecule has 4 aromatic rings. The molecule has 9 heteroatoms. The number of aromatic nitrogens is 3. The Morgan fingerprint density at radius 1 is 0.972 bits per heavy atom. The Morgan fingerprint density at radius 2 is 1.69 bits per heavy atom. The molecule has 1 unspecified atom stereocenters. The van der Waals surface area contributed by atoms with E-state index in [2.05, 4.69) is 27.1 Å².